The van der Waals surface area contributed by atoms with Gasteiger partial charge in [-0.1, -0.05) is 6.07 Å². The third-order valence-electron chi connectivity index (χ3n) is 3.29. The van der Waals surface area contributed by atoms with Gasteiger partial charge in [-0.05, 0) is 50.6 Å². The lowest BCUT2D eigenvalue weighted by Gasteiger charge is -2.33. The van der Waals surface area contributed by atoms with E-state index in [1.54, 1.807) is 6.07 Å². The predicted octanol–water partition coefficient (Wildman–Crippen LogP) is 1.23. The molecule has 0 atom stereocenters. The fraction of sp³-hybridized carbons (Fsp3) is 0.538. The second-order valence-electron chi connectivity index (χ2n) is 4.85. The van der Waals surface area contributed by atoms with E-state index in [2.05, 4.69) is 10.6 Å². The third kappa shape index (κ3) is 3.11. The van der Waals surface area contributed by atoms with Gasteiger partial charge in [0.2, 0.25) is 0 Å². The van der Waals surface area contributed by atoms with Gasteiger partial charge >= 0.3 is 0 Å². The Kier molecular flexibility index (Phi) is 3.54. The van der Waals surface area contributed by atoms with Crippen LogP contribution in [0.4, 0.5) is 5.69 Å². The second kappa shape index (κ2) is 4.94. The monoisotopic (exact) mass is 236 g/mol. The van der Waals surface area contributed by atoms with Crippen molar-refractivity contribution in [2.24, 2.45) is 0 Å². The van der Waals surface area contributed by atoms with Crippen molar-refractivity contribution in [1.82, 2.24) is 5.32 Å². The average Bonchev–Trinajstić information content (AvgIpc) is 2.31. The van der Waals surface area contributed by atoms with Gasteiger partial charge in [-0.15, -0.1) is 0 Å². The molecular weight excluding hydrogens is 216 g/mol. The molecule has 1 aromatic rings. The van der Waals surface area contributed by atoms with Crippen molar-refractivity contribution < 1.29 is 10.2 Å². The zero-order valence-electron chi connectivity index (χ0n) is 10.2. The van der Waals surface area contributed by atoms with Crippen LogP contribution in [0.3, 0.4) is 0 Å². The van der Waals surface area contributed by atoms with Crippen molar-refractivity contribution in [2.75, 3.05) is 25.0 Å². The molecule has 4 heteroatoms. The maximum atomic E-state index is 10.3. The van der Waals surface area contributed by atoms with Gasteiger partial charge in [0, 0.05) is 6.54 Å². The highest BCUT2D eigenvalue weighted by molar-refractivity contribution is 5.57. The standard InChI is InChI=1S/C13H20N2O2/c1-10-2-3-12(16)11(8-10)15-9-13(17)4-6-14-7-5-13/h2-3,8,14-17H,4-7,9H2,1H3. The van der Waals surface area contributed by atoms with Crippen molar-refractivity contribution in [3.8, 4) is 5.75 Å². The quantitative estimate of drug-likeness (QED) is 0.596. The molecule has 0 unspecified atom stereocenters. The summed E-state index contributed by atoms with van der Waals surface area (Å²) < 4.78 is 0. The summed E-state index contributed by atoms with van der Waals surface area (Å²) in [7, 11) is 0. The number of hydrogen-bond donors (Lipinski definition) is 4. The van der Waals surface area contributed by atoms with Gasteiger partial charge in [0.1, 0.15) is 5.75 Å². The number of anilines is 1. The van der Waals surface area contributed by atoms with Crippen LogP contribution in [0.25, 0.3) is 0 Å². The zero-order valence-corrected chi connectivity index (χ0v) is 10.2. The van der Waals surface area contributed by atoms with Crippen molar-refractivity contribution in [3.05, 3.63) is 23.8 Å². The van der Waals surface area contributed by atoms with Crippen molar-refractivity contribution in [3.63, 3.8) is 0 Å². The van der Waals surface area contributed by atoms with Gasteiger partial charge in [0.25, 0.3) is 0 Å². The van der Waals surface area contributed by atoms with Gasteiger partial charge < -0.3 is 20.8 Å². The maximum absolute atomic E-state index is 10.3. The number of nitrogens with one attached hydrogen (secondary N) is 2. The Morgan fingerprint density at radius 1 is 1.35 bits per heavy atom. The van der Waals surface area contributed by atoms with Crippen LogP contribution in [0, 0.1) is 6.92 Å². The zero-order chi connectivity index (χ0) is 12.3. The lowest BCUT2D eigenvalue weighted by atomic mass is 9.92. The van der Waals surface area contributed by atoms with E-state index < -0.39 is 5.60 Å². The van der Waals surface area contributed by atoms with Crippen LogP contribution in [0.5, 0.6) is 5.75 Å². The Morgan fingerprint density at radius 3 is 2.76 bits per heavy atom. The number of aryl methyl sites for hydroxylation is 1. The number of piperidine rings is 1. The van der Waals surface area contributed by atoms with Crippen LogP contribution in [0.2, 0.25) is 0 Å². The Balaban J connectivity index is 1.99. The molecule has 1 heterocycles. The average molecular weight is 236 g/mol. The first kappa shape index (κ1) is 12.2. The van der Waals surface area contributed by atoms with Gasteiger partial charge in [0.05, 0.1) is 11.3 Å². The van der Waals surface area contributed by atoms with E-state index in [1.165, 1.54) is 0 Å². The molecule has 0 saturated carbocycles. The second-order valence-corrected chi connectivity index (χ2v) is 4.85. The summed E-state index contributed by atoms with van der Waals surface area (Å²) in [6.07, 6.45) is 1.49. The van der Waals surface area contributed by atoms with Crippen LogP contribution in [0.1, 0.15) is 18.4 Å². The molecule has 0 bridgehead atoms. The molecule has 1 aromatic carbocycles. The first-order chi connectivity index (χ1) is 8.09. The summed E-state index contributed by atoms with van der Waals surface area (Å²) in [5, 5.41) is 26.4. The molecule has 4 N–H and O–H groups in total. The molecule has 2 rings (SSSR count). The van der Waals surface area contributed by atoms with E-state index in [0.29, 0.717) is 12.2 Å². The Morgan fingerprint density at radius 2 is 2.06 bits per heavy atom. The van der Waals surface area contributed by atoms with Crippen LogP contribution in [0.15, 0.2) is 18.2 Å². The first-order valence-electron chi connectivity index (χ1n) is 6.06. The molecule has 0 spiro atoms. The molecule has 0 aliphatic carbocycles. The minimum absolute atomic E-state index is 0.230. The third-order valence-corrected chi connectivity index (χ3v) is 3.29. The highest BCUT2D eigenvalue weighted by Gasteiger charge is 2.28. The molecule has 1 aliphatic rings. The molecule has 0 amide bonds. The van der Waals surface area contributed by atoms with E-state index in [9.17, 15) is 10.2 Å². The lowest BCUT2D eigenvalue weighted by molar-refractivity contribution is 0.0232. The summed E-state index contributed by atoms with van der Waals surface area (Å²) in [4.78, 5) is 0. The molecule has 1 aliphatic heterocycles. The molecule has 17 heavy (non-hydrogen) atoms. The molecule has 1 saturated heterocycles. The molecule has 0 radical (unpaired) electrons. The fourth-order valence-electron chi connectivity index (χ4n) is 2.12. The van der Waals surface area contributed by atoms with E-state index >= 15 is 0 Å². The maximum Gasteiger partial charge on any atom is 0.138 e. The Bertz CT molecular complexity index is 387. The first-order valence-corrected chi connectivity index (χ1v) is 6.06. The van der Waals surface area contributed by atoms with Crippen LogP contribution >= 0.6 is 0 Å². The fourth-order valence-corrected chi connectivity index (χ4v) is 2.12. The minimum atomic E-state index is -0.665. The number of aromatic hydroxyl groups is 1. The predicted molar refractivity (Wildman–Crippen MR) is 68.4 cm³/mol. The molecular formula is C13H20N2O2. The molecule has 0 aromatic heterocycles. The number of rotatable bonds is 3. The van der Waals surface area contributed by atoms with Crippen LogP contribution < -0.4 is 10.6 Å². The SMILES string of the molecule is Cc1ccc(O)c(NCC2(O)CCNCC2)c1. The Hall–Kier alpha value is -1.26. The summed E-state index contributed by atoms with van der Waals surface area (Å²) in [5.41, 5.74) is 1.11. The van der Waals surface area contributed by atoms with Crippen LogP contribution in [-0.2, 0) is 0 Å². The highest BCUT2D eigenvalue weighted by Crippen LogP contribution is 2.26. The van der Waals surface area contributed by atoms with Gasteiger partial charge in [-0.2, -0.15) is 0 Å². The summed E-state index contributed by atoms with van der Waals surface area (Å²) in [6, 6.07) is 5.42. The topological polar surface area (TPSA) is 64.5 Å². The van der Waals surface area contributed by atoms with Gasteiger partial charge in [-0.25, -0.2) is 0 Å². The number of phenols is 1. The summed E-state index contributed by atoms with van der Waals surface area (Å²) in [5.74, 6) is 0.230. The van der Waals surface area contributed by atoms with Gasteiger partial charge in [-0.3, -0.25) is 0 Å². The smallest absolute Gasteiger partial charge is 0.138 e. The largest absolute Gasteiger partial charge is 0.506 e. The molecule has 4 nitrogen and oxygen atoms in total. The van der Waals surface area contributed by atoms with E-state index in [4.69, 9.17) is 0 Å². The molecule has 94 valence electrons. The Labute approximate surface area is 102 Å². The number of benzene rings is 1. The van der Waals surface area contributed by atoms with E-state index in [1.807, 2.05) is 19.1 Å². The highest BCUT2D eigenvalue weighted by atomic mass is 16.3. The van der Waals surface area contributed by atoms with E-state index in [-0.39, 0.29) is 5.75 Å². The lowest BCUT2D eigenvalue weighted by Crippen LogP contribution is -2.46. The summed E-state index contributed by atoms with van der Waals surface area (Å²) >= 11 is 0. The number of phenolic OH excluding ortho intramolecular Hbond substituents is 1. The van der Waals surface area contributed by atoms with E-state index in [0.717, 1.165) is 31.5 Å². The van der Waals surface area contributed by atoms with Gasteiger partial charge in [0.15, 0.2) is 0 Å². The normalized spacial score (nSPS) is 18.9. The van der Waals surface area contributed by atoms with Crippen LogP contribution in [-0.4, -0.2) is 35.4 Å². The molecule has 1 fully saturated rings. The number of hydrogen-bond acceptors (Lipinski definition) is 4. The van der Waals surface area contributed by atoms with Crippen molar-refractivity contribution in [2.45, 2.75) is 25.4 Å². The summed E-state index contributed by atoms with van der Waals surface area (Å²) in [6.45, 7) is 4.14. The minimum Gasteiger partial charge on any atom is -0.506 e. The van der Waals surface area contributed by atoms with Crippen molar-refractivity contribution in [1.29, 1.82) is 0 Å². The van der Waals surface area contributed by atoms with Crippen molar-refractivity contribution >= 4 is 5.69 Å². The number of aliphatic hydroxyl groups is 1.